The summed E-state index contributed by atoms with van der Waals surface area (Å²) in [6.45, 7) is 6.19. The second kappa shape index (κ2) is 50.5. The largest absolute Gasteiger partial charge is 0.462 e. The molecule has 64 heavy (non-hydrogen) atoms. The number of unbranched alkanes of at least 4 members (excludes halogenated alkanes) is 18. The molecular formula is C58H97NO5. The lowest BCUT2D eigenvalue weighted by Gasteiger charge is -2.24. The van der Waals surface area contributed by atoms with E-state index in [-0.39, 0.29) is 24.9 Å². The fraction of sp³-hybridized carbons (Fsp3) is 0.655. The van der Waals surface area contributed by atoms with Gasteiger partial charge in [-0.25, -0.2) is 0 Å². The first-order chi connectivity index (χ1) is 31.5. The minimum Gasteiger partial charge on any atom is -0.462 e. The zero-order chi connectivity index (χ0) is 46.7. The van der Waals surface area contributed by atoms with Crippen molar-refractivity contribution in [3.05, 3.63) is 109 Å². The van der Waals surface area contributed by atoms with Crippen molar-refractivity contribution in [1.29, 1.82) is 0 Å². The van der Waals surface area contributed by atoms with Crippen molar-refractivity contribution in [1.82, 2.24) is 5.32 Å². The number of hydrogen-bond acceptors (Lipinski definition) is 5. The molecule has 3 atom stereocenters. The molecular weight excluding hydrogens is 791 g/mol. The average Bonchev–Trinajstić information content (AvgIpc) is 3.29. The van der Waals surface area contributed by atoms with E-state index in [0.717, 1.165) is 96.3 Å². The van der Waals surface area contributed by atoms with Gasteiger partial charge >= 0.3 is 5.97 Å². The molecule has 6 heteroatoms. The number of carbonyl (C=O) groups is 2. The molecule has 0 radical (unpaired) electrons. The molecule has 1 amide bonds. The Balaban J connectivity index is 4.64. The molecule has 0 aromatic carbocycles. The number of amides is 1. The van der Waals surface area contributed by atoms with Crippen molar-refractivity contribution in [2.75, 3.05) is 6.61 Å². The lowest BCUT2D eigenvalue weighted by atomic mass is 10.0. The molecule has 6 nitrogen and oxygen atoms in total. The first-order valence-electron chi connectivity index (χ1n) is 26.2. The first kappa shape index (κ1) is 60.5. The van der Waals surface area contributed by atoms with Crippen LogP contribution in [-0.2, 0) is 14.3 Å². The van der Waals surface area contributed by atoms with Crippen LogP contribution in [0, 0.1) is 0 Å². The van der Waals surface area contributed by atoms with Gasteiger partial charge in [0.2, 0.25) is 5.91 Å². The highest BCUT2D eigenvalue weighted by atomic mass is 16.5. The van der Waals surface area contributed by atoms with Gasteiger partial charge in [-0.2, -0.15) is 0 Å². The number of esters is 1. The van der Waals surface area contributed by atoms with Crippen molar-refractivity contribution in [2.45, 2.75) is 238 Å². The van der Waals surface area contributed by atoms with Crippen LogP contribution in [0.15, 0.2) is 109 Å². The molecule has 0 heterocycles. The van der Waals surface area contributed by atoms with Crippen molar-refractivity contribution in [3.63, 3.8) is 0 Å². The highest BCUT2D eigenvalue weighted by molar-refractivity contribution is 5.77. The molecule has 364 valence electrons. The number of aliphatic hydroxyl groups is 2. The number of aliphatic hydroxyl groups excluding tert-OH is 2. The summed E-state index contributed by atoms with van der Waals surface area (Å²) >= 11 is 0. The van der Waals surface area contributed by atoms with Gasteiger partial charge in [-0.05, 0) is 83.5 Å². The Bertz CT molecular complexity index is 1320. The Morgan fingerprint density at radius 3 is 1.47 bits per heavy atom. The summed E-state index contributed by atoms with van der Waals surface area (Å²) in [5.41, 5.74) is 0. The normalized spacial score (nSPS) is 14.1. The number of allylic oxidation sites excluding steroid dienone is 18. The van der Waals surface area contributed by atoms with Gasteiger partial charge in [0, 0.05) is 6.42 Å². The molecule has 0 aromatic rings. The second-order valence-corrected chi connectivity index (χ2v) is 17.3. The van der Waals surface area contributed by atoms with Crippen LogP contribution in [0.25, 0.3) is 0 Å². The smallest absolute Gasteiger partial charge is 0.306 e. The predicted molar refractivity (Wildman–Crippen MR) is 277 cm³/mol. The van der Waals surface area contributed by atoms with Gasteiger partial charge in [-0.15, -0.1) is 0 Å². The maximum absolute atomic E-state index is 13.2. The van der Waals surface area contributed by atoms with Crippen molar-refractivity contribution in [3.8, 4) is 0 Å². The number of hydrogen-bond donors (Lipinski definition) is 3. The lowest BCUT2D eigenvalue weighted by Crippen LogP contribution is -2.46. The summed E-state index contributed by atoms with van der Waals surface area (Å²) in [5.74, 6) is -0.589. The van der Waals surface area contributed by atoms with Gasteiger partial charge in [-0.3, -0.25) is 9.59 Å². The van der Waals surface area contributed by atoms with Gasteiger partial charge in [0.05, 0.1) is 25.2 Å². The third kappa shape index (κ3) is 45.1. The molecule has 0 aliphatic carbocycles. The molecule has 3 N–H and O–H groups in total. The monoisotopic (exact) mass is 888 g/mol. The molecule has 0 spiro atoms. The Morgan fingerprint density at radius 2 is 0.938 bits per heavy atom. The zero-order valence-electron chi connectivity index (χ0n) is 41.4. The average molecular weight is 888 g/mol. The molecule has 0 aliphatic heterocycles. The van der Waals surface area contributed by atoms with E-state index in [1.807, 2.05) is 36.5 Å². The van der Waals surface area contributed by atoms with E-state index in [9.17, 15) is 19.8 Å². The Morgan fingerprint density at radius 1 is 0.484 bits per heavy atom. The van der Waals surface area contributed by atoms with E-state index < -0.39 is 18.2 Å². The third-order valence-corrected chi connectivity index (χ3v) is 11.2. The summed E-state index contributed by atoms with van der Waals surface area (Å²) in [6.07, 6.45) is 68.7. The predicted octanol–water partition coefficient (Wildman–Crippen LogP) is 15.9. The molecule has 0 fully saturated rings. The van der Waals surface area contributed by atoms with Gasteiger partial charge < -0.3 is 20.3 Å². The quantitative estimate of drug-likeness (QED) is 0.0245. The maximum atomic E-state index is 13.2. The molecule has 0 rings (SSSR count). The van der Waals surface area contributed by atoms with Gasteiger partial charge in [0.25, 0.3) is 0 Å². The van der Waals surface area contributed by atoms with Crippen LogP contribution in [-0.4, -0.2) is 46.9 Å². The fourth-order valence-corrected chi connectivity index (χ4v) is 7.30. The third-order valence-electron chi connectivity index (χ3n) is 11.2. The van der Waals surface area contributed by atoms with Crippen LogP contribution in [0.1, 0.15) is 220 Å². The highest BCUT2D eigenvalue weighted by Crippen LogP contribution is 2.17. The number of ether oxygens (including phenoxy) is 1. The molecule has 0 bridgehead atoms. The van der Waals surface area contributed by atoms with Crippen LogP contribution in [0.4, 0.5) is 0 Å². The maximum Gasteiger partial charge on any atom is 0.306 e. The highest BCUT2D eigenvalue weighted by Gasteiger charge is 2.24. The summed E-state index contributed by atoms with van der Waals surface area (Å²) in [7, 11) is 0. The molecule has 0 saturated heterocycles. The Labute approximate surface area is 394 Å². The number of rotatable bonds is 45. The minimum atomic E-state index is -0.817. The Hall–Kier alpha value is -3.48. The minimum absolute atomic E-state index is 0.0116. The van der Waals surface area contributed by atoms with Crippen LogP contribution in [0.2, 0.25) is 0 Å². The summed E-state index contributed by atoms with van der Waals surface area (Å²) < 4.78 is 5.88. The number of nitrogens with one attached hydrogen (secondary N) is 1. The van der Waals surface area contributed by atoms with Crippen molar-refractivity contribution in [2.24, 2.45) is 0 Å². The van der Waals surface area contributed by atoms with E-state index in [0.29, 0.717) is 19.3 Å². The zero-order valence-corrected chi connectivity index (χ0v) is 41.4. The molecule has 0 saturated carbocycles. The SMILES string of the molecule is CC/C=C\C/C=C\C/C=C\C/C=C\C/C=C\CCCCCC(=O)OC(CCC\C=C/C=C\C=C\C=C\CC)CC(=O)NC(CO)C(O)CCCCCCCCCCCCCCCCC. The van der Waals surface area contributed by atoms with Gasteiger partial charge in [0.1, 0.15) is 6.10 Å². The van der Waals surface area contributed by atoms with Crippen molar-refractivity contribution < 1.29 is 24.5 Å². The van der Waals surface area contributed by atoms with E-state index in [1.165, 1.54) is 77.0 Å². The van der Waals surface area contributed by atoms with Crippen LogP contribution < -0.4 is 5.32 Å². The fourth-order valence-electron chi connectivity index (χ4n) is 7.30. The standard InChI is InChI=1S/C58H97NO5/c1-4-7-10-13-16-19-22-24-26-27-28-29-31-33-36-39-42-45-48-51-58(63)64-54(49-46-43-40-37-34-21-18-15-12-9-6-3)52-57(62)59-55(53-60)56(61)50-47-44-41-38-35-32-30-25-23-20-17-14-11-8-5-2/h7,9-10,12,15-16,18-19,21,24,26,28-29,33-34,36-37,40,54-56,60-61H,4-6,8,11,13-14,17,20,22-23,25,27,30-32,35,38-39,41-53H2,1-3H3,(H,59,62)/b10-7-,12-9+,18-15+,19-16-,26-24-,29-28-,34-21-,36-33-,40-37-. The first-order valence-corrected chi connectivity index (χ1v) is 26.2. The van der Waals surface area contributed by atoms with Gasteiger partial charge in [0.15, 0.2) is 0 Å². The van der Waals surface area contributed by atoms with Gasteiger partial charge in [-0.1, -0.05) is 233 Å². The van der Waals surface area contributed by atoms with Crippen LogP contribution in [0.3, 0.4) is 0 Å². The van der Waals surface area contributed by atoms with E-state index >= 15 is 0 Å². The number of carbonyl (C=O) groups excluding carboxylic acids is 2. The summed E-state index contributed by atoms with van der Waals surface area (Å²) in [5, 5.41) is 23.7. The Kier molecular flexibility index (Phi) is 47.8. The van der Waals surface area contributed by atoms with E-state index in [2.05, 4.69) is 99.0 Å². The van der Waals surface area contributed by atoms with Crippen LogP contribution >= 0.6 is 0 Å². The molecule has 0 aromatic heterocycles. The molecule has 3 unspecified atom stereocenters. The van der Waals surface area contributed by atoms with E-state index in [1.54, 1.807) is 0 Å². The lowest BCUT2D eigenvalue weighted by molar-refractivity contribution is -0.151. The van der Waals surface area contributed by atoms with E-state index in [4.69, 9.17) is 4.74 Å². The summed E-state index contributed by atoms with van der Waals surface area (Å²) in [6, 6.07) is -0.736. The van der Waals surface area contributed by atoms with Crippen LogP contribution in [0.5, 0.6) is 0 Å². The topological polar surface area (TPSA) is 95.9 Å². The molecule has 0 aliphatic rings. The summed E-state index contributed by atoms with van der Waals surface area (Å²) in [4.78, 5) is 26.1. The second-order valence-electron chi connectivity index (χ2n) is 17.3. The van der Waals surface area contributed by atoms with Crippen molar-refractivity contribution >= 4 is 11.9 Å².